The minimum Gasteiger partial charge on any atom is -0.370 e. The van der Waals surface area contributed by atoms with Gasteiger partial charge in [-0.1, -0.05) is 6.07 Å². The molecule has 3 N–H and O–H groups in total. The number of anilines is 2. The SMILES string of the molecule is Cc1ccc(NC(=O)NCCc2ccc3c(n2)NCCC3)cn1. The first-order chi connectivity index (χ1) is 11.2. The number of aryl methyl sites for hydroxylation is 2. The number of carbonyl (C=O) groups excluding carboxylic acids is 1. The largest absolute Gasteiger partial charge is 0.370 e. The predicted molar refractivity (Wildman–Crippen MR) is 90.7 cm³/mol. The molecule has 2 aromatic rings. The fourth-order valence-electron chi connectivity index (χ4n) is 2.53. The topological polar surface area (TPSA) is 78.9 Å². The second-order valence-electron chi connectivity index (χ2n) is 5.66. The Morgan fingerprint density at radius 1 is 1.30 bits per heavy atom. The molecule has 0 spiro atoms. The normalized spacial score (nSPS) is 12.9. The molecule has 0 radical (unpaired) electrons. The van der Waals surface area contributed by atoms with Gasteiger partial charge in [-0.3, -0.25) is 4.98 Å². The maximum atomic E-state index is 11.8. The van der Waals surface area contributed by atoms with Crippen LogP contribution < -0.4 is 16.0 Å². The van der Waals surface area contributed by atoms with Crippen molar-refractivity contribution in [2.24, 2.45) is 0 Å². The van der Waals surface area contributed by atoms with Crippen molar-refractivity contribution in [3.8, 4) is 0 Å². The lowest BCUT2D eigenvalue weighted by molar-refractivity contribution is 0.252. The summed E-state index contributed by atoms with van der Waals surface area (Å²) >= 11 is 0. The molecule has 0 aliphatic carbocycles. The molecule has 6 heteroatoms. The number of pyridine rings is 2. The van der Waals surface area contributed by atoms with Crippen LogP contribution in [-0.2, 0) is 12.8 Å². The number of aromatic nitrogens is 2. The van der Waals surface area contributed by atoms with E-state index in [2.05, 4.69) is 32.0 Å². The number of amides is 2. The number of hydrogen-bond acceptors (Lipinski definition) is 4. The Bertz CT molecular complexity index is 684. The molecule has 0 unspecified atom stereocenters. The van der Waals surface area contributed by atoms with E-state index in [0.717, 1.165) is 36.6 Å². The van der Waals surface area contributed by atoms with Crippen molar-refractivity contribution in [1.82, 2.24) is 15.3 Å². The molecule has 0 atom stereocenters. The van der Waals surface area contributed by atoms with Crippen LogP contribution in [0, 0.1) is 6.92 Å². The molecule has 23 heavy (non-hydrogen) atoms. The Kier molecular flexibility index (Phi) is 4.71. The van der Waals surface area contributed by atoms with Gasteiger partial charge in [-0.15, -0.1) is 0 Å². The van der Waals surface area contributed by atoms with E-state index in [1.807, 2.05) is 25.1 Å². The summed E-state index contributed by atoms with van der Waals surface area (Å²) in [7, 11) is 0. The summed E-state index contributed by atoms with van der Waals surface area (Å²) in [4.78, 5) is 20.6. The van der Waals surface area contributed by atoms with E-state index in [9.17, 15) is 4.79 Å². The fraction of sp³-hybridized carbons (Fsp3) is 0.353. The molecule has 0 fully saturated rings. The van der Waals surface area contributed by atoms with Crippen molar-refractivity contribution in [1.29, 1.82) is 0 Å². The summed E-state index contributed by atoms with van der Waals surface area (Å²) in [5.41, 5.74) is 3.86. The van der Waals surface area contributed by atoms with E-state index in [1.54, 1.807) is 6.20 Å². The van der Waals surface area contributed by atoms with Gasteiger partial charge in [0.1, 0.15) is 5.82 Å². The van der Waals surface area contributed by atoms with Gasteiger partial charge < -0.3 is 16.0 Å². The van der Waals surface area contributed by atoms with Crippen molar-refractivity contribution in [3.05, 3.63) is 47.4 Å². The van der Waals surface area contributed by atoms with E-state index in [0.29, 0.717) is 18.7 Å². The monoisotopic (exact) mass is 311 g/mol. The molecule has 2 aromatic heterocycles. The van der Waals surface area contributed by atoms with Crippen molar-refractivity contribution >= 4 is 17.5 Å². The van der Waals surface area contributed by atoms with Gasteiger partial charge in [0.15, 0.2) is 0 Å². The molecule has 2 amide bonds. The smallest absolute Gasteiger partial charge is 0.319 e. The molecular weight excluding hydrogens is 290 g/mol. The molecular formula is C17H21N5O. The van der Waals surface area contributed by atoms with Crippen molar-refractivity contribution in [2.45, 2.75) is 26.2 Å². The summed E-state index contributed by atoms with van der Waals surface area (Å²) in [5.74, 6) is 0.990. The lowest BCUT2D eigenvalue weighted by Gasteiger charge is -2.17. The van der Waals surface area contributed by atoms with Crippen molar-refractivity contribution in [2.75, 3.05) is 23.7 Å². The Balaban J connectivity index is 1.47. The number of nitrogens with zero attached hydrogens (tertiary/aromatic N) is 2. The van der Waals surface area contributed by atoms with Crippen LogP contribution in [0.15, 0.2) is 30.5 Å². The maximum absolute atomic E-state index is 11.8. The van der Waals surface area contributed by atoms with Gasteiger partial charge in [0, 0.05) is 30.9 Å². The lowest BCUT2D eigenvalue weighted by Crippen LogP contribution is -2.30. The number of urea groups is 1. The summed E-state index contributed by atoms with van der Waals surface area (Å²) < 4.78 is 0. The van der Waals surface area contributed by atoms with Gasteiger partial charge in [-0.05, 0) is 43.5 Å². The van der Waals surface area contributed by atoms with Gasteiger partial charge >= 0.3 is 6.03 Å². The van der Waals surface area contributed by atoms with Crippen molar-refractivity contribution in [3.63, 3.8) is 0 Å². The van der Waals surface area contributed by atoms with Gasteiger partial charge in [-0.25, -0.2) is 9.78 Å². The van der Waals surface area contributed by atoms with Gasteiger partial charge in [0.25, 0.3) is 0 Å². The van der Waals surface area contributed by atoms with Crippen LogP contribution in [0.5, 0.6) is 0 Å². The third kappa shape index (κ3) is 4.18. The Hall–Kier alpha value is -2.63. The minimum absolute atomic E-state index is 0.230. The van der Waals surface area contributed by atoms with Crippen molar-refractivity contribution < 1.29 is 4.79 Å². The third-order valence-corrected chi connectivity index (χ3v) is 3.79. The number of fused-ring (bicyclic) bond motifs is 1. The van der Waals surface area contributed by atoms with Crippen LogP contribution in [0.3, 0.4) is 0 Å². The number of nitrogens with one attached hydrogen (secondary N) is 3. The molecule has 0 aromatic carbocycles. The van der Waals surface area contributed by atoms with Crippen LogP contribution in [0.25, 0.3) is 0 Å². The highest BCUT2D eigenvalue weighted by atomic mass is 16.2. The van der Waals surface area contributed by atoms with Gasteiger partial charge in [0.2, 0.25) is 0 Å². The van der Waals surface area contributed by atoms with Gasteiger partial charge in [0.05, 0.1) is 11.9 Å². The van der Waals surface area contributed by atoms with Crippen LogP contribution in [0.2, 0.25) is 0 Å². The Labute approximate surface area is 135 Å². The highest BCUT2D eigenvalue weighted by Gasteiger charge is 2.10. The van der Waals surface area contributed by atoms with Crippen LogP contribution in [-0.4, -0.2) is 29.1 Å². The molecule has 120 valence electrons. The Morgan fingerprint density at radius 3 is 3.04 bits per heavy atom. The maximum Gasteiger partial charge on any atom is 0.319 e. The molecule has 3 rings (SSSR count). The fourth-order valence-corrected chi connectivity index (χ4v) is 2.53. The highest BCUT2D eigenvalue weighted by Crippen LogP contribution is 2.19. The van der Waals surface area contributed by atoms with Crippen LogP contribution >= 0.6 is 0 Å². The summed E-state index contributed by atoms with van der Waals surface area (Å²) in [6, 6.07) is 7.63. The first-order valence-corrected chi connectivity index (χ1v) is 7.91. The molecule has 6 nitrogen and oxygen atoms in total. The zero-order valence-corrected chi connectivity index (χ0v) is 13.2. The molecule has 0 saturated heterocycles. The number of carbonyl (C=O) groups is 1. The van der Waals surface area contributed by atoms with E-state index in [1.165, 1.54) is 5.56 Å². The summed E-state index contributed by atoms with van der Waals surface area (Å²) in [5, 5.41) is 8.92. The summed E-state index contributed by atoms with van der Waals surface area (Å²) in [6.07, 6.45) is 4.59. The minimum atomic E-state index is -0.230. The van der Waals surface area contributed by atoms with E-state index in [-0.39, 0.29) is 6.03 Å². The number of rotatable bonds is 4. The quantitative estimate of drug-likeness (QED) is 0.810. The molecule has 0 bridgehead atoms. The molecule has 1 aliphatic heterocycles. The average molecular weight is 311 g/mol. The second-order valence-corrected chi connectivity index (χ2v) is 5.66. The van der Waals surface area contributed by atoms with Gasteiger partial charge in [-0.2, -0.15) is 0 Å². The Morgan fingerprint density at radius 2 is 2.22 bits per heavy atom. The average Bonchev–Trinajstić information content (AvgIpc) is 2.57. The van der Waals surface area contributed by atoms with E-state index < -0.39 is 0 Å². The highest BCUT2D eigenvalue weighted by molar-refractivity contribution is 5.88. The van der Waals surface area contributed by atoms with E-state index >= 15 is 0 Å². The van der Waals surface area contributed by atoms with E-state index in [4.69, 9.17) is 0 Å². The number of hydrogen-bond donors (Lipinski definition) is 3. The molecule has 0 saturated carbocycles. The zero-order valence-electron chi connectivity index (χ0n) is 13.2. The first-order valence-electron chi connectivity index (χ1n) is 7.91. The second kappa shape index (κ2) is 7.09. The standard InChI is InChI=1S/C17H21N5O/c1-12-4-6-15(11-20-12)22-17(23)19-10-8-14-7-5-13-3-2-9-18-16(13)21-14/h4-7,11H,2-3,8-10H2,1H3,(H,18,21)(H2,19,22,23). The molecule has 1 aliphatic rings. The lowest BCUT2D eigenvalue weighted by atomic mass is 10.1. The third-order valence-electron chi connectivity index (χ3n) is 3.79. The summed E-state index contributed by atoms with van der Waals surface area (Å²) in [6.45, 7) is 3.43. The zero-order chi connectivity index (χ0) is 16.1. The molecule has 3 heterocycles. The van der Waals surface area contributed by atoms with Crippen LogP contribution in [0.1, 0.15) is 23.4 Å². The first kappa shape index (κ1) is 15.3. The van der Waals surface area contributed by atoms with Crippen LogP contribution in [0.4, 0.5) is 16.3 Å². The predicted octanol–water partition coefficient (Wildman–Crippen LogP) is 2.51.